The van der Waals surface area contributed by atoms with E-state index < -0.39 is 0 Å². The van der Waals surface area contributed by atoms with Gasteiger partial charge in [-0.05, 0) is 58.1 Å². The highest BCUT2D eigenvalue weighted by Crippen LogP contribution is 2.53. The van der Waals surface area contributed by atoms with E-state index >= 15 is 0 Å². The highest BCUT2D eigenvalue weighted by molar-refractivity contribution is 6.62. The molecule has 0 amide bonds. The van der Waals surface area contributed by atoms with Gasteiger partial charge in [0.05, 0.1) is 11.2 Å². The maximum Gasteiger partial charge on any atom is 0.494 e. The zero-order valence-electron chi connectivity index (χ0n) is 20.1. The minimum absolute atomic E-state index is 0.0319. The van der Waals surface area contributed by atoms with E-state index in [2.05, 4.69) is 84.0 Å². The molecule has 31 heavy (non-hydrogen) atoms. The third kappa shape index (κ3) is 3.83. The lowest BCUT2D eigenvalue weighted by Crippen LogP contribution is -2.41. The zero-order chi connectivity index (χ0) is 22.3. The van der Waals surface area contributed by atoms with Crippen LogP contribution in [0.3, 0.4) is 0 Å². The molecule has 2 aliphatic rings. The van der Waals surface area contributed by atoms with Crippen LogP contribution in [0.25, 0.3) is 0 Å². The van der Waals surface area contributed by atoms with Crippen molar-refractivity contribution in [2.24, 2.45) is 0 Å². The van der Waals surface area contributed by atoms with Crippen LogP contribution in [-0.4, -0.2) is 18.3 Å². The summed E-state index contributed by atoms with van der Waals surface area (Å²) in [6.07, 6.45) is 7.01. The Balaban J connectivity index is 1.82. The summed E-state index contributed by atoms with van der Waals surface area (Å²) in [5.41, 5.74) is 2.97. The minimum atomic E-state index is -0.359. The van der Waals surface area contributed by atoms with E-state index in [0.29, 0.717) is 0 Å². The average molecular weight is 420 g/mol. The average Bonchev–Trinajstić information content (AvgIpc) is 2.97. The lowest BCUT2D eigenvalue weighted by atomic mass is 9.64. The highest BCUT2D eigenvalue weighted by atomic mass is 16.7. The molecule has 0 spiro atoms. The van der Waals surface area contributed by atoms with Crippen molar-refractivity contribution in [1.29, 1.82) is 0 Å². The monoisotopic (exact) mass is 420 g/mol. The molecule has 0 atom stereocenters. The minimum Gasteiger partial charge on any atom is -0.457 e. The summed E-state index contributed by atoms with van der Waals surface area (Å²) in [6.45, 7) is 13.0. The molecule has 4 rings (SSSR count). The van der Waals surface area contributed by atoms with Crippen LogP contribution in [0.5, 0.6) is 11.5 Å². The molecule has 166 valence electrons. The molecule has 0 unspecified atom stereocenters. The Bertz CT molecular complexity index is 910. The van der Waals surface area contributed by atoms with Gasteiger partial charge in [-0.1, -0.05) is 69.9 Å². The fourth-order valence-electron chi connectivity index (χ4n) is 4.97. The van der Waals surface area contributed by atoms with Gasteiger partial charge in [-0.15, -0.1) is 0 Å². The van der Waals surface area contributed by atoms with Crippen molar-refractivity contribution in [2.75, 3.05) is 0 Å². The Morgan fingerprint density at radius 1 is 0.742 bits per heavy atom. The molecule has 0 radical (unpaired) electrons. The lowest BCUT2D eigenvalue weighted by Gasteiger charge is -2.41. The Kier molecular flexibility index (Phi) is 6.00. The molecular weight excluding hydrogens is 383 g/mol. The molecule has 2 aromatic carbocycles. The van der Waals surface area contributed by atoms with Crippen molar-refractivity contribution in [3.63, 3.8) is 0 Å². The third-order valence-electron chi connectivity index (χ3n) is 7.58. The quantitative estimate of drug-likeness (QED) is 0.463. The van der Waals surface area contributed by atoms with Crippen LogP contribution in [0.15, 0.2) is 42.5 Å². The van der Waals surface area contributed by atoms with Crippen molar-refractivity contribution in [3.05, 3.63) is 53.6 Å². The van der Waals surface area contributed by atoms with Crippen LogP contribution >= 0.6 is 0 Å². The van der Waals surface area contributed by atoms with Crippen LogP contribution in [0.4, 0.5) is 0 Å². The van der Waals surface area contributed by atoms with E-state index in [1.807, 2.05) is 0 Å². The second-order valence-corrected chi connectivity index (χ2v) is 10.2. The topological polar surface area (TPSA) is 27.7 Å². The van der Waals surface area contributed by atoms with E-state index in [4.69, 9.17) is 14.0 Å². The summed E-state index contributed by atoms with van der Waals surface area (Å²) in [5.74, 6) is 1.98. The standard InChI is InChI=1S/C27H37BO3/c1-7-9-17-27(18-10-8-2)21-13-11-12-14-23(21)29-24-16-15-20(19-22(24)27)28-30-25(3,4)26(5,6)31-28/h11-16,19H,7-10,17-18H2,1-6H3. The third-order valence-corrected chi connectivity index (χ3v) is 7.58. The van der Waals surface area contributed by atoms with Gasteiger partial charge in [0.2, 0.25) is 0 Å². The van der Waals surface area contributed by atoms with Crippen LogP contribution < -0.4 is 10.2 Å². The molecule has 3 nitrogen and oxygen atoms in total. The molecule has 2 heterocycles. The van der Waals surface area contributed by atoms with Gasteiger partial charge in [-0.2, -0.15) is 0 Å². The first kappa shape index (κ1) is 22.4. The molecule has 1 fully saturated rings. The molecule has 0 aliphatic carbocycles. The van der Waals surface area contributed by atoms with Crippen molar-refractivity contribution < 1.29 is 14.0 Å². The van der Waals surface area contributed by atoms with Gasteiger partial charge in [0.1, 0.15) is 11.5 Å². The van der Waals surface area contributed by atoms with Gasteiger partial charge in [0, 0.05) is 16.5 Å². The maximum absolute atomic E-state index is 6.41. The Hall–Kier alpha value is -1.78. The smallest absolute Gasteiger partial charge is 0.457 e. The first-order valence-electron chi connectivity index (χ1n) is 12.0. The largest absolute Gasteiger partial charge is 0.494 e. The molecule has 0 N–H and O–H groups in total. The predicted molar refractivity (Wildman–Crippen MR) is 129 cm³/mol. The molecule has 4 heteroatoms. The number of para-hydroxylation sites is 1. The van der Waals surface area contributed by atoms with Gasteiger partial charge in [-0.25, -0.2) is 0 Å². The summed E-state index contributed by atoms with van der Waals surface area (Å²) in [7, 11) is -0.359. The van der Waals surface area contributed by atoms with E-state index in [1.165, 1.54) is 36.8 Å². The summed E-state index contributed by atoms with van der Waals surface area (Å²) in [5, 5.41) is 0. The molecule has 1 saturated heterocycles. The maximum atomic E-state index is 6.41. The second kappa shape index (κ2) is 8.29. The van der Waals surface area contributed by atoms with Crippen LogP contribution in [0.2, 0.25) is 0 Å². The van der Waals surface area contributed by atoms with Crippen LogP contribution in [-0.2, 0) is 14.7 Å². The molecule has 2 aliphatic heterocycles. The van der Waals surface area contributed by atoms with Gasteiger partial charge in [0.25, 0.3) is 0 Å². The fraction of sp³-hybridized carbons (Fsp3) is 0.556. The first-order chi connectivity index (χ1) is 14.7. The molecular formula is C27H37BO3. The first-order valence-corrected chi connectivity index (χ1v) is 12.0. The number of fused-ring (bicyclic) bond motifs is 2. The lowest BCUT2D eigenvalue weighted by molar-refractivity contribution is 0.00578. The Morgan fingerprint density at radius 3 is 1.94 bits per heavy atom. The Morgan fingerprint density at radius 2 is 1.32 bits per heavy atom. The molecule has 0 aromatic heterocycles. The van der Waals surface area contributed by atoms with E-state index in [-0.39, 0.29) is 23.7 Å². The summed E-state index contributed by atoms with van der Waals surface area (Å²) in [6, 6.07) is 15.2. The normalized spacial score (nSPS) is 20.1. The van der Waals surface area contributed by atoms with Crippen molar-refractivity contribution >= 4 is 12.6 Å². The van der Waals surface area contributed by atoms with Crippen LogP contribution in [0.1, 0.15) is 91.2 Å². The van der Waals surface area contributed by atoms with Crippen molar-refractivity contribution in [1.82, 2.24) is 0 Å². The SMILES string of the molecule is CCCCC1(CCCC)c2ccccc2Oc2ccc(B3OC(C)(C)C(C)(C)O3)cc21. The van der Waals surface area contributed by atoms with Gasteiger partial charge in [-0.3, -0.25) is 0 Å². The van der Waals surface area contributed by atoms with Gasteiger partial charge in [0.15, 0.2) is 0 Å². The zero-order valence-corrected chi connectivity index (χ0v) is 20.1. The summed E-state index contributed by atoms with van der Waals surface area (Å²) >= 11 is 0. The van der Waals surface area contributed by atoms with Crippen molar-refractivity contribution in [3.8, 4) is 11.5 Å². The number of rotatable bonds is 7. The summed E-state index contributed by atoms with van der Waals surface area (Å²) in [4.78, 5) is 0. The number of hydrogen-bond donors (Lipinski definition) is 0. The second-order valence-electron chi connectivity index (χ2n) is 10.2. The van der Waals surface area contributed by atoms with E-state index in [0.717, 1.165) is 29.8 Å². The molecule has 0 saturated carbocycles. The number of hydrogen-bond acceptors (Lipinski definition) is 3. The van der Waals surface area contributed by atoms with Crippen molar-refractivity contribution in [2.45, 2.75) is 96.7 Å². The van der Waals surface area contributed by atoms with E-state index in [9.17, 15) is 0 Å². The van der Waals surface area contributed by atoms with Gasteiger partial charge < -0.3 is 14.0 Å². The number of benzene rings is 2. The van der Waals surface area contributed by atoms with Crippen LogP contribution in [0, 0.1) is 0 Å². The number of ether oxygens (including phenoxy) is 1. The molecule has 0 bridgehead atoms. The van der Waals surface area contributed by atoms with E-state index in [1.54, 1.807) is 0 Å². The summed E-state index contributed by atoms with van der Waals surface area (Å²) < 4.78 is 19.2. The fourth-order valence-corrected chi connectivity index (χ4v) is 4.97. The molecule has 2 aromatic rings. The highest BCUT2D eigenvalue weighted by Gasteiger charge is 2.52. The van der Waals surface area contributed by atoms with Gasteiger partial charge >= 0.3 is 7.12 Å². The number of unbranched alkanes of at least 4 members (excludes halogenated alkanes) is 2. The predicted octanol–water partition coefficient (Wildman–Crippen LogP) is 6.76. The Labute approximate surface area is 188 Å².